The summed E-state index contributed by atoms with van der Waals surface area (Å²) in [6.45, 7) is 1.85. The Balaban J connectivity index is 2.05. The number of hydrogen-bond acceptors (Lipinski definition) is 5. The van der Waals surface area contributed by atoms with Crippen LogP contribution in [0.15, 0.2) is 18.2 Å². The molecule has 0 aromatic heterocycles. The Morgan fingerprint density at radius 1 is 1.45 bits per heavy atom. The topological polar surface area (TPSA) is 75.8 Å². The first-order valence-corrected chi connectivity index (χ1v) is 7.61. The SMILES string of the molecule is O=[N+]([O-])c1cc(I)ccc1N1CCC(OCCO)CC1. The van der Waals surface area contributed by atoms with Crippen LogP contribution in [0.3, 0.4) is 0 Å². The zero-order chi connectivity index (χ0) is 14.5. The molecule has 2 rings (SSSR count). The van der Waals surface area contributed by atoms with Gasteiger partial charge in [0.1, 0.15) is 5.69 Å². The highest BCUT2D eigenvalue weighted by Crippen LogP contribution is 2.32. The normalized spacial score (nSPS) is 16.4. The van der Waals surface area contributed by atoms with E-state index in [0.717, 1.165) is 29.5 Å². The average molecular weight is 392 g/mol. The van der Waals surface area contributed by atoms with Gasteiger partial charge in [-0.3, -0.25) is 10.1 Å². The highest BCUT2D eigenvalue weighted by atomic mass is 127. The van der Waals surface area contributed by atoms with Crippen LogP contribution in [0.5, 0.6) is 0 Å². The van der Waals surface area contributed by atoms with Crippen LogP contribution < -0.4 is 4.90 Å². The van der Waals surface area contributed by atoms with Gasteiger partial charge in [0.15, 0.2) is 0 Å². The van der Waals surface area contributed by atoms with Crippen LogP contribution >= 0.6 is 22.6 Å². The number of piperidine rings is 1. The average Bonchev–Trinajstić information content (AvgIpc) is 2.45. The molecule has 0 saturated carbocycles. The lowest BCUT2D eigenvalue weighted by atomic mass is 10.1. The minimum Gasteiger partial charge on any atom is -0.394 e. The van der Waals surface area contributed by atoms with Crippen LogP contribution in [-0.4, -0.2) is 42.4 Å². The van der Waals surface area contributed by atoms with Gasteiger partial charge in [0.05, 0.1) is 24.2 Å². The maximum atomic E-state index is 11.1. The summed E-state index contributed by atoms with van der Waals surface area (Å²) in [6.07, 6.45) is 1.79. The maximum Gasteiger partial charge on any atom is 0.293 e. The van der Waals surface area contributed by atoms with Crippen molar-refractivity contribution in [3.63, 3.8) is 0 Å². The highest BCUT2D eigenvalue weighted by Gasteiger charge is 2.25. The number of benzene rings is 1. The van der Waals surface area contributed by atoms with Gasteiger partial charge in [-0.15, -0.1) is 0 Å². The molecule has 0 radical (unpaired) electrons. The van der Waals surface area contributed by atoms with Gasteiger partial charge in [0.2, 0.25) is 0 Å². The lowest BCUT2D eigenvalue weighted by Gasteiger charge is -2.33. The minimum absolute atomic E-state index is 0.0306. The van der Waals surface area contributed by atoms with E-state index in [1.54, 1.807) is 6.07 Å². The van der Waals surface area contributed by atoms with E-state index in [0.29, 0.717) is 12.3 Å². The molecule has 1 aromatic rings. The van der Waals surface area contributed by atoms with Crippen molar-refractivity contribution < 1.29 is 14.8 Å². The summed E-state index contributed by atoms with van der Waals surface area (Å²) in [7, 11) is 0. The zero-order valence-corrected chi connectivity index (χ0v) is 13.2. The van der Waals surface area contributed by atoms with Gasteiger partial charge in [-0.2, -0.15) is 0 Å². The summed E-state index contributed by atoms with van der Waals surface area (Å²) >= 11 is 2.08. The summed E-state index contributed by atoms with van der Waals surface area (Å²) in [5.74, 6) is 0. The number of nitrogens with zero attached hydrogens (tertiary/aromatic N) is 2. The van der Waals surface area contributed by atoms with E-state index in [4.69, 9.17) is 9.84 Å². The smallest absolute Gasteiger partial charge is 0.293 e. The summed E-state index contributed by atoms with van der Waals surface area (Å²) in [5.41, 5.74) is 0.836. The molecule has 1 aliphatic heterocycles. The summed E-state index contributed by atoms with van der Waals surface area (Å²) in [6, 6.07) is 5.30. The summed E-state index contributed by atoms with van der Waals surface area (Å²) in [4.78, 5) is 12.9. The van der Waals surface area contributed by atoms with Gasteiger partial charge >= 0.3 is 0 Å². The molecule has 1 N–H and O–H groups in total. The van der Waals surface area contributed by atoms with Crippen molar-refractivity contribution in [2.75, 3.05) is 31.2 Å². The van der Waals surface area contributed by atoms with Crippen LogP contribution in [0.1, 0.15) is 12.8 Å². The second kappa shape index (κ2) is 7.19. The van der Waals surface area contributed by atoms with E-state index < -0.39 is 0 Å². The number of anilines is 1. The van der Waals surface area contributed by atoms with Crippen molar-refractivity contribution in [3.05, 3.63) is 31.9 Å². The molecule has 1 fully saturated rings. The van der Waals surface area contributed by atoms with Gasteiger partial charge in [-0.1, -0.05) is 0 Å². The third-order valence-corrected chi connectivity index (χ3v) is 4.03. The van der Waals surface area contributed by atoms with E-state index >= 15 is 0 Å². The van der Waals surface area contributed by atoms with Crippen molar-refractivity contribution in [3.8, 4) is 0 Å². The molecule has 0 unspecified atom stereocenters. The predicted octanol–water partition coefficient (Wildman–Crippen LogP) is 2.18. The molecule has 1 aliphatic rings. The molecule has 0 atom stereocenters. The molecule has 110 valence electrons. The first-order valence-electron chi connectivity index (χ1n) is 6.53. The Morgan fingerprint density at radius 2 is 2.15 bits per heavy atom. The van der Waals surface area contributed by atoms with E-state index in [1.165, 1.54) is 0 Å². The van der Waals surface area contributed by atoms with Gasteiger partial charge in [-0.25, -0.2) is 0 Å². The van der Waals surface area contributed by atoms with E-state index in [2.05, 4.69) is 22.6 Å². The van der Waals surface area contributed by atoms with Gasteiger partial charge in [-0.05, 0) is 47.6 Å². The predicted molar refractivity (Wildman–Crippen MR) is 84.1 cm³/mol. The molecule has 20 heavy (non-hydrogen) atoms. The van der Waals surface area contributed by atoms with E-state index in [-0.39, 0.29) is 23.3 Å². The maximum absolute atomic E-state index is 11.1. The highest BCUT2D eigenvalue weighted by molar-refractivity contribution is 14.1. The van der Waals surface area contributed by atoms with Crippen LogP contribution in [0.2, 0.25) is 0 Å². The van der Waals surface area contributed by atoms with E-state index in [1.807, 2.05) is 17.0 Å². The monoisotopic (exact) mass is 392 g/mol. The lowest BCUT2D eigenvalue weighted by molar-refractivity contribution is -0.384. The standard InChI is InChI=1S/C13H17IN2O4/c14-10-1-2-12(13(9-10)16(18)19)15-5-3-11(4-6-15)20-8-7-17/h1-2,9,11,17H,3-8H2. The fourth-order valence-corrected chi connectivity index (χ4v) is 2.87. The number of halogens is 1. The Hall–Kier alpha value is -0.930. The van der Waals surface area contributed by atoms with Crippen LogP contribution in [0.25, 0.3) is 0 Å². The number of aliphatic hydroxyl groups excluding tert-OH is 1. The summed E-state index contributed by atoms with van der Waals surface area (Å²) < 4.78 is 6.36. The third kappa shape index (κ3) is 3.80. The van der Waals surface area contributed by atoms with Crippen molar-refractivity contribution >= 4 is 34.0 Å². The molecule has 1 saturated heterocycles. The van der Waals surface area contributed by atoms with Crippen molar-refractivity contribution in [1.82, 2.24) is 0 Å². The molecular formula is C13H17IN2O4. The number of rotatable bonds is 5. The Labute approximate surface area is 131 Å². The molecule has 7 heteroatoms. The largest absolute Gasteiger partial charge is 0.394 e. The lowest BCUT2D eigenvalue weighted by Crippen LogP contribution is -2.37. The van der Waals surface area contributed by atoms with Crippen molar-refractivity contribution in [2.45, 2.75) is 18.9 Å². The Morgan fingerprint density at radius 3 is 2.75 bits per heavy atom. The second-order valence-electron chi connectivity index (χ2n) is 4.67. The third-order valence-electron chi connectivity index (χ3n) is 3.36. The van der Waals surface area contributed by atoms with Gasteiger partial charge in [0, 0.05) is 22.7 Å². The molecule has 0 aliphatic carbocycles. The molecule has 0 spiro atoms. The molecule has 0 amide bonds. The first kappa shape index (κ1) is 15.5. The number of nitro benzene ring substituents is 1. The zero-order valence-electron chi connectivity index (χ0n) is 11.0. The summed E-state index contributed by atoms with van der Waals surface area (Å²) in [5, 5.41) is 19.9. The first-order chi connectivity index (χ1) is 9.61. The van der Waals surface area contributed by atoms with Crippen LogP contribution in [-0.2, 0) is 4.74 Å². The number of ether oxygens (including phenoxy) is 1. The molecular weight excluding hydrogens is 375 g/mol. The quantitative estimate of drug-likeness (QED) is 0.472. The second-order valence-corrected chi connectivity index (χ2v) is 5.92. The number of nitro groups is 1. The van der Waals surface area contributed by atoms with Gasteiger partial charge in [0.25, 0.3) is 5.69 Å². The Bertz CT molecular complexity index is 475. The molecule has 6 nitrogen and oxygen atoms in total. The van der Waals surface area contributed by atoms with Crippen molar-refractivity contribution in [1.29, 1.82) is 0 Å². The fraction of sp³-hybridized carbons (Fsp3) is 0.538. The van der Waals surface area contributed by atoms with Crippen LogP contribution in [0, 0.1) is 13.7 Å². The number of hydrogen-bond donors (Lipinski definition) is 1. The Kier molecular flexibility index (Phi) is 5.55. The van der Waals surface area contributed by atoms with E-state index in [9.17, 15) is 10.1 Å². The molecule has 1 aromatic carbocycles. The molecule has 1 heterocycles. The van der Waals surface area contributed by atoms with Gasteiger partial charge < -0.3 is 14.7 Å². The van der Waals surface area contributed by atoms with Crippen molar-refractivity contribution in [2.24, 2.45) is 0 Å². The number of aliphatic hydroxyl groups is 1. The molecule has 0 bridgehead atoms. The minimum atomic E-state index is -0.328. The fourth-order valence-electron chi connectivity index (χ4n) is 2.39. The van der Waals surface area contributed by atoms with Crippen LogP contribution in [0.4, 0.5) is 11.4 Å².